The molecule has 3 aromatic rings. The van der Waals surface area contributed by atoms with Crippen LogP contribution in [0.25, 0.3) is 11.0 Å². The highest BCUT2D eigenvalue weighted by atomic mass is 35.5. The Bertz CT molecular complexity index is 1160. The number of amides is 1. The number of nitrogens with one attached hydrogen (secondary N) is 3. The summed E-state index contributed by atoms with van der Waals surface area (Å²) in [5.41, 5.74) is 1.31. The number of rotatable bonds is 3. The molecule has 0 aliphatic carbocycles. The zero-order valence-electron chi connectivity index (χ0n) is 15.0. The van der Waals surface area contributed by atoms with Crippen molar-refractivity contribution in [2.75, 3.05) is 23.3 Å². The SMILES string of the molecule is O=C(Nc1cc(Cl)ccc1N1CCCCC1)c1ccc2[nH]c(=O)c(=O)[nH]c2c1. The van der Waals surface area contributed by atoms with Gasteiger partial charge in [0.25, 0.3) is 5.91 Å². The summed E-state index contributed by atoms with van der Waals surface area (Å²) in [5, 5.41) is 3.47. The molecule has 1 fully saturated rings. The number of benzene rings is 2. The molecule has 1 aromatic heterocycles. The van der Waals surface area contributed by atoms with E-state index in [1.807, 2.05) is 12.1 Å². The second-order valence-electron chi connectivity index (χ2n) is 6.83. The van der Waals surface area contributed by atoms with Crippen LogP contribution < -0.4 is 21.3 Å². The molecule has 1 aliphatic heterocycles. The van der Waals surface area contributed by atoms with Crippen molar-refractivity contribution in [3.05, 3.63) is 67.7 Å². The molecule has 3 N–H and O–H groups in total. The molecule has 8 heteroatoms. The van der Waals surface area contributed by atoms with Crippen molar-refractivity contribution in [3.8, 4) is 0 Å². The fourth-order valence-electron chi connectivity index (χ4n) is 3.47. The second-order valence-corrected chi connectivity index (χ2v) is 7.27. The lowest BCUT2D eigenvalue weighted by Gasteiger charge is -2.30. The molecule has 4 rings (SSSR count). The highest BCUT2D eigenvalue weighted by Gasteiger charge is 2.17. The quantitative estimate of drug-likeness (QED) is 0.590. The van der Waals surface area contributed by atoms with Crippen LogP contribution in [0.2, 0.25) is 5.02 Å². The normalized spacial score (nSPS) is 14.2. The van der Waals surface area contributed by atoms with E-state index in [-0.39, 0.29) is 5.91 Å². The number of carbonyl (C=O) groups excluding carboxylic acids is 1. The van der Waals surface area contributed by atoms with E-state index in [0.29, 0.717) is 27.3 Å². The monoisotopic (exact) mass is 398 g/mol. The van der Waals surface area contributed by atoms with Crippen molar-refractivity contribution < 1.29 is 4.79 Å². The van der Waals surface area contributed by atoms with Gasteiger partial charge >= 0.3 is 11.1 Å². The Labute approximate surface area is 165 Å². The summed E-state index contributed by atoms with van der Waals surface area (Å²) in [6.45, 7) is 1.88. The predicted molar refractivity (Wildman–Crippen MR) is 111 cm³/mol. The first kappa shape index (κ1) is 18.3. The molecule has 28 heavy (non-hydrogen) atoms. The van der Waals surface area contributed by atoms with E-state index in [1.54, 1.807) is 18.2 Å². The maximum Gasteiger partial charge on any atom is 0.314 e. The molecule has 1 saturated heterocycles. The largest absolute Gasteiger partial charge is 0.370 e. The highest BCUT2D eigenvalue weighted by molar-refractivity contribution is 6.31. The Hall–Kier alpha value is -3.06. The Morgan fingerprint density at radius 1 is 0.929 bits per heavy atom. The zero-order chi connectivity index (χ0) is 19.7. The number of aromatic nitrogens is 2. The van der Waals surface area contributed by atoms with Crippen LogP contribution in [0.5, 0.6) is 0 Å². The molecule has 2 aromatic carbocycles. The van der Waals surface area contributed by atoms with Gasteiger partial charge in [0.1, 0.15) is 0 Å². The van der Waals surface area contributed by atoms with Crippen LogP contribution in [0, 0.1) is 0 Å². The summed E-state index contributed by atoms with van der Waals surface area (Å²) >= 11 is 6.15. The van der Waals surface area contributed by atoms with Gasteiger partial charge in [-0.2, -0.15) is 0 Å². The molecule has 0 unspecified atom stereocenters. The van der Waals surface area contributed by atoms with E-state index < -0.39 is 11.1 Å². The first-order valence-corrected chi connectivity index (χ1v) is 9.51. The molecule has 1 amide bonds. The highest BCUT2D eigenvalue weighted by Crippen LogP contribution is 2.31. The summed E-state index contributed by atoms with van der Waals surface area (Å²) in [4.78, 5) is 43.0. The van der Waals surface area contributed by atoms with Crippen molar-refractivity contribution in [3.63, 3.8) is 0 Å². The fraction of sp³-hybridized carbons (Fsp3) is 0.250. The molecule has 0 spiro atoms. The topological polar surface area (TPSA) is 98.1 Å². The number of carbonyl (C=O) groups is 1. The minimum Gasteiger partial charge on any atom is -0.370 e. The number of anilines is 2. The predicted octanol–water partition coefficient (Wildman–Crippen LogP) is 3.11. The Morgan fingerprint density at radius 2 is 1.64 bits per heavy atom. The Balaban J connectivity index is 1.65. The summed E-state index contributed by atoms with van der Waals surface area (Å²) in [5.74, 6) is -0.325. The third kappa shape index (κ3) is 3.66. The molecule has 0 bridgehead atoms. The minimum atomic E-state index is -0.757. The summed E-state index contributed by atoms with van der Waals surface area (Å²) in [6.07, 6.45) is 3.45. The maximum absolute atomic E-state index is 12.8. The van der Waals surface area contributed by atoms with Crippen LogP contribution in [0.4, 0.5) is 11.4 Å². The third-order valence-corrected chi connectivity index (χ3v) is 5.12. The minimum absolute atomic E-state index is 0.325. The van der Waals surface area contributed by atoms with E-state index >= 15 is 0 Å². The molecule has 7 nitrogen and oxygen atoms in total. The van der Waals surface area contributed by atoms with Gasteiger partial charge in [-0.15, -0.1) is 0 Å². The standard InChI is InChI=1S/C20H19ClN4O3/c21-13-5-7-17(25-8-2-1-3-9-25)16(11-13)24-18(26)12-4-6-14-15(10-12)23-20(28)19(27)22-14/h4-7,10-11H,1-3,8-9H2,(H,22,27)(H,23,28)(H,24,26). The maximum atomic E-state index is 12.8. The van der Waals surface area contributed by atoms with E-state index in [0.717, 1.165) is 31.6 Å². The van der Waals surface area contributed by atoms with Crippen molar-refractivity contribution in [1.82, 2.24) is 9.97 Å². The van der Waals surface area contributed by atoms with Gasteiger partial charge in [0, 0.05) is 23.7 Å². The molecule has 1 aliphatic rings. The van der Waals surface area contributed by atoms with Gasteiger partial charge in [-0.1, -0.05) is 11.6 Å². The first-order chi connectivity index (χ1) is 13.5. The molecule has 2 heterocycles. The van der Waals surface area contributed by atoms with Crippen LogP contribution >= 0.6 is 11.6 Å². The number of nitrogens with zero attached hydrogens (tertiary/aromatic N) is 1. The van der Waals surface area contributed by atoms with Gasteiger partial charge < -0.3 is 20.2 Å². The average Bonchev–Trinajstić information content (AvgIpc) is 2.69. The number of fused-ring (bicyclic) bond motifs is 1. The van der Waals surface area contributed by atoms with Gasteiger partial charge in [0.2, 0.25) is 0 Å². The number of halogens is 1. The molecule has 0 radical (unpaired) electrons. The van der Waals surface area contributed by atoms with E-state index in [2.05, 4.69) is 20.2 Å². The number of H-pyrrole nitrogens is 2. The lowest BCUT2D eigenvalue weighted by Crippen LogP contribution is -2.30. The van der Waals surface area contributed by atoms with Crippen molar-refractivity contribution in [2.24, 2.45) is 0 Å². The second kappa shape index (κ2) is 7.52. The number of aromatic amines is 2. The van der Waals surface area contributed by atoms with E-state index in [4.69, 9.17) is 11.6 Å². The van der Waals surface area contributed by atoms with Crippen molar-refractivity contribution >= 4 is 39.9 Å². The third-order valence-electron chi connectivity index (χ3n) is 4.89. The molecular formula is C20H19ClN4O3. The first-order valence-electron chi connectivity index (χ1n) is 9.13. The summed E-state index contributed by atoms with van der Waals surface area (Å²) < 4.78 is 0. The molecular weight excluding hydrogens is 380 g/mol. The smallest absolute Gasteiger partial charge is 0.314 e. The number of piperidine rings is 1. The van der Waals surface area contributed by atoms with Crippen molar-refractivity contribution in [1.29, 1.82) is 0 Å². The Kier molecular flexibility index (Phi) is 4.92. The van der Waals surface area contributed by atoms with E-state index in [1.165, 1.54) is 12.5 Å². The zero-order valence-corrected chi connectivity index (χ0v) is 15.8. The lowest BCUT2D eigenvalue weighted by atomic mass is 10.1. The van der Waals surface area contributed by atoms with Gasteiger partial charge in [0.05, 0.1) is 22.4 Å². The van der Waals surface area contributed by atoms with Crippen LogP contribution in [0.1, 0.15) is 29.6 Å². The van der Waals surface area contributed by atoms with Crippen LogP contribution in [-0.2, 0) is 0 Å². The van der Waals surface area contributed by atoms with Gasteiger partial charge in [-0.05, 0) is 55.7 Å². The number of hydrogen-bond acceptors (Lipinski definition) is 4. The van der Waals surface area contributed by atoms with E-state index in [9.17, 15) is 14.4 Å². The van der Waals surface area contributed by atoms with Gasteiger partial charge in [0.15, 0.2) is 0 Å². The fourth-order valence-corrected chi connectivity index (χ4v) is 3.64. The molecule has 0 saturated carbocycles. The summed E-state index contributed by atoms with van der Waals surface area (Å²) in [7, 11) is 0. The van der Waals surface area contributed by atoms with Crippen LogP contribution in [0.15, 0.2) is 46.0 Å². The van der Waals surface area contributed by atoms with Gasteiger partial charge in [-0.3, -0.25) is 14.4 Å². The number of hydrogen-bond donors (Lipinski definition) is 3. The average molecular weight is 399 g/mol. The van der Waals surface area contributed by atoms with Crippen LogP contribution in [0.3, 0.4) is 0 Å². The molecule has 144 valence electrons. The molecule has 0 atom stereocenters. The van der Waals surface area contributed by atoms with Crippen molar-refractivity contribution in [2.45, 2.75) is 19.3 Å². The van der Waals surface area contributed by atoms with Gasteiger partial charge in [-0.25, -0.2) is 0 Å². The Morgan fingerprint density at radius 3 is 2.39 bits per heavy atom. The van der Waals surface area contributed by atoms with Crippen LogP contribution in [-0.4, -0.2) is 29.0 Å². The lowest BCUT2D eigenvalue weighted by molar-refractivity contribution is 0.102. The summed E-state index contributed by atoms with van der Waals surface area (Å²) in [6, 6.07) is 10.2.